The Morgan fingerprint density at radius 3 is 2.82 bits per heavy atom. The number of hydrogen-bond acceptors (Lipinski definition) is 4. The highest BCUT2D eigenvalue weighted by atomic mass is 16.7. The van der Waals surface area contributed by atoms with E-state index in [-0.39, 0.29) is 6.79 Å². The SMILES string of the molecule is c1nc(-c2ccc3cc[nH]c3c2)c2cc3c(cc2n1)OCO3. The Hall–Kier alpha value is -3.08. The molecule has 1 aliphatic heterocycles. The molecule has 0 bridgehead atoms. The third kappa shape index (κ3) is 1.59. The molecule has 0 radical (unpaired) electrons. The second-order valence-electron chi connectivity index (χ2n) is 5.22. The molecule has 0 aliphatic carbocycles. The predicted octanol–water partition coefficient (Wildman–Crippen LogP) is 3.51. The van der Waals surface area contributed by atoms with Gasteiger partial charge in [-0.25, -0.2) is 9.97 Å². The Morgan fingerprint density at radius 1 is 0.955 bits per heavy atom. The molecule has 4 aromatic rings. The summed E-state index contributed by atoms with van der Waals surface area (Å²) < 4.78 is 10.9. The largest absolute Gasteiger partial charge is 0.454 e. The van der Waals surface area contributed by atoms with Crippen LogP contribution in [0.1, 0.15) is 0 Å². The molecular formula is C17H11N3O2. The van der Waals surface area contributed by atoms with Crippen molar-refractivity contribution in [3.63, 3.8) is 0 Å². The van der Waals surface area contributed by atoms with E-state index in [1.807, 2.05) is 18.3 Å². The Morgan fingerprint density at radius 2 is 1.86 bits per heavy atom. The van der Waals surface area contributed by atoms with Crippen molar-refractivity contribution in [2.24, 2.45) is 0 Å². The highest BCUT2D eigenvalue weighted by molar-refractivity contribution is 5.96. The molecule has 0 unspecified atom stereocenters. The Labute approximate surface area is 125 Å². The van der Waals surface area contributed by atoms with E-state index in [1.54, 1.807) is 6.33 Å². The van der Waals surface area contributed by atoms with Gasteiger partial charge >= 0.3 is 0 Å². The molecule has 0 fully saturated rings. The van der Waals surface area contributed by atoms with E-state index in [0.717, 1.165) is 39.2 Å². The highest BCUT2D eigenvalue weighted by Crippen LogP contribution is 2.38. The van der Waals surface area contributed by atoms with Crippen molar-refractivity contribution < 1.29 is 9.47 Å². The van der Waals surface area contributed by atoms with Crippen LogP contribution in [-0.4, -0.2) is 21.7 Å². The number of ether oxygens (including phenoxy) is 2. The van der Waals surface area contributed by atoms with Crippen LogP contribution in [0.25, 0.3) is 33.1 Å². The maximum Gasteiger partial charge on any atom is 0.231 e. The summed E-state index contributed by atoms with van der Waals surface area (Å²) in [5.74, 6) is 1.47. The van der Waals surface area contributed by atoms with Crippen LogP contribution in [0.4, 0.5) is 0 Å². The second-order valence-corrected chi connectivity index (χ2v) is 5.22. The monoisotopic (exact) mass is 289 g/mol. The molecule has 1 N–H and O–H groups in total. The second kappa shape index (κ2) is 4.21. The van der Waals surface area contributed by atoms with Crippen molar-refractivity contribution in [1.82, 2.24) is 15.0 Å². The molecule has 1 aliphatic rings. The molecule has 0 spiro atoms. The van der Waals surface area contributed by atoms with Crippen LogP contribution in [0.3, 0.4) is 0 Å². The molecule has 106 valence electrons. The highest BCUT2D eigenvalue weighted by Gasteiger charge is 2.17. The van der Waals surface area contributed by atoms with Gasteiger partial charge in [-0.1, -0.05) is 12.1 Å². The molecule has 22 heavy (non-hydrogen) atoms. The summed E-state index contributed by atoms with van der Waals surface area (Å²) in [6.45, 7) is 0.253. The minimum absolute atomic E-state index is 0.253. The third-order valence-electron chi connectivity index (χ3n) is 3.96. The van der Waals surface area contributed by atoms with Gasteiger partial charge in [-0.15, -0.1) is 0 Å². The van der Waals surface area contributed by atoms with Crippen LogP contribution in [0.2, 0.25) is 0 Å². The minimum atomic E-state index is 0.253. The lowest BCUT2D eigenvalue weighted by Gasteiger charge is -2.06. The number of rotatable bonds is 1. The molecule has 5 nitrogen and oxygen atoms in total. The van der Waals surface area contributed by atoms with Crippen LogP contribution in [0, 0.1) is 0 Å². The first-order valence-electron chi connectivity index (χ1n) is 7.00. The van der Waals surface area contributed by atoms with E-state index in [0.29, 0.717) is 0 Å². The topological polar surface area (TPSA) is 60.0 Å². The number of nitrogens with one attached hydrogen (secondary N) is 1. The molecule has 3 heterocycles. The van der Waals surface area contributed by atoms with Gasteiger partial charge in [0.2, 0.25) is 6.79 Å². The number of H-pyrrole nitrogens is 1. The lowest BCUT2D eigenvalue weighted by molar-refractivity contribution is 0.174. The average Bonchev–Trinajstić information content (AvgIpc) is 3.19. The van der Waals surface area contributed by atoms with E-state index >= 15 is 0 Å². The number of aromatic nitrogens is 3. The van der Waals surface area contributed by atoms with Crippen LogP contribution in [-0.2, 0) is 0 Å². The fourth-order valence-electron chi connectivity index (χ4n) is 2.87. The third-order valence-corrected chi connectivity index (χ3v) is 3.96. The van der Waals surface area contributed by atoms with Gasteiger partial charge in [0.25, 0.3) is 0 Å². The summed E-state index contributed by atoms with van der Waals surface area (Å²) in [5, 5.41) is 2.14. The van der Waals surface area contributed by atoms with Crippen LogP contribution >= 0.6 is 0 Å². The fraction of sp³-hybridized carbons (Fsp3) is 0.0588. The zero-order valence-electron chi connectivity index (χ0n) is 11.5. The Bertz CT molecular complexity index is 1020. The zero-order chi connectivity index (χ0) is 14.5. The van der Waals surface area contributed by atoms with Gasteiger partial charge in [-0.05, 0) is 23.6 Å². The Balaban J connectivity index is 1.79. The number of fused-ring (bicyclic) bond motifs is 3. The maximum atomic E-state index is 5.47. The molecule has 5 rings (SSSR count). The number of nitrogens with zero attached hydrogens (tertiary/aromatic N) is 2. The van der Waals surface area contributed by atoms with E-state index < -0.39 is 0 Å². The summed E-state index contributed by atoms with van der Waals surface area (Å²) in [7, 11) is 0. The van der Waals surface area contributed by atoms with Gasteiger partial charge in [-0.2, -0.15) is 0 Å². The molecule has 2 aromatic heterocycles. The molecule has 0 atom stereocenters. The van der Waals surface area contributed by atoms with Crippen molar-refractivity contribution >= 4 is 21.8 Å². The van der Waals surface area contributed by atoms with Gasteiger partial charge in [0.1, 0.15) is 6.33 Å². The number of benzene rings is 2. The summed E-state index contributed by atoms with van der Waals surface area (Å²) in [5.41, 5.74) is 3.87. The summed E-state index contributed by atoms with van der Waals surface area (Å²) in [6.07, 6.45) is 3.52. The molecule has 0 amide bonds. The van der Waals surface area contributed by atoms with Crippen molar-refractivity contribution in [2.75, 3.05) is 6.79 Å². The first kappa shape index (κ1) is 11.6. The zero-order valence-corrected chi connectivity index (χ0v) is 11.5. The summed E-state index contributed by atoms with van der Waals surface area (Å²) >= 11 is 0. The van der Waals surface area contributed by atoms with Crippen LogP contribution in [0.5, 0.6) is 11.5 Å². The van der Waals surface area contributed by atoms with Gasteiger partial charge < -0.3 is 14.5 Å². The van der Waals surface area contributed by atoms with E-state index in [9.17, 15) is 0 Å². The minimum Gasteiger partial charge on any atom is -0.454 e. The molecule has 2 aromatic carbocycles. The molecular weight excluding hydrogens is 278 g/mol. The maximum absolute atomic E-state index is 5.47. The molecule has 0 saturated carbocycles. The standard InChI is InChI=1S/C17H11N3O2/c1-2-11(5-13-10(1)3-4-18-13)17-12-6-15-16(22-9-21-15)7-14(12)19-8-20-17/h1-8,18H,9H2. The first-order valence-corrected chi connectivity index (χ1v) is 7.00. The van der Waals surface area contributed by atoms with Crippen molar-refractivity contribution in [1.29, 1.82) is 0 Å². The Kier molecular flexibility index (Phi) is 2.21. The first-order chi connectivity index (χ1) is 10.9. The van der Waals surface area contributed by atoms with Crippen LogP contribution in [0.15, 0.2) is 48.9 Å². The molecule has 5 heteroatoms. The lowest BCUT2D eigenvalue weighted by atomic mass is 10.0. The van der Waals surface area contributed by atoms with E-state index in [4.69, 9.17) is 9.47 Å². The lowest BCUT2D eigenvalue weighted by Crippen LogP contribution is -1.92. The quantitative estimate of drug-likeness (QED) is 0.582. The van der Waals surface area contributed by atoms with Gasteiger partial charge in [-0.3, -0.25) is 0 Å². The average molecular weight is 289 g/mol. The summed E-state index contributed by atoms with van der Waals surface area (Å²) in [4.78, 5) is 12.0. The van der Waals surface area contributed by atoms with Crippen molar-refractivity contribution in [3.8, 4) is 22.8 Å². The fourth-order valence-corrected chi connectivity index (χ4v) is 2.87. The smallest absolute Gasteiger partial charge is 0.231 e. The van der Waals surface area contributed by atoms with Crippen LogP contribution < -0.4 is 9.47 Å². The van der Waals surface area contributed by atoms with Gasteiger partial charge in [0, 0.05) is 28.7 Å². The van der Waals surface area contributed by atoms with Gasteiger partial charge in [0.05, 0.1) is 11.2 Å². The molecule has 0 saturated heterocycles. The van der Waals surface area contributed by atoms with E-state index in [1.165, 1.54) is 5.39 Å². The van der Waals surface area contributed by atoms with E-state index in [2.05, 4.69) is 39.2 Å². The number of aromatic amines is 1. The van der Waals surface area contributed by atoms with Crippen molar-refractivity contribution in [2.45, 2.75) is 0 Å². The summed E-state index contributed by atoms with van der Waals surface area (Å²) in [6, 6.07) is 12.2. The van der Waals surface area contributed by atoms with Gasteiger partial charge in [0.15, 0.2) is 11.5 Å². The predicted molar refractivity (Wildman–Crippen MR) is 83.0 cm³/mol. The van der Waals surface area contributed by atoms with Crippen molar-refractivity contribution in [3.05, 3.63) is 48.9 Å². The number of hydrogen-bond donors (Lipinski definition) is 1. The normalized spacial score (nSPS) is 13.1.